The number of para-hydroxylation sites is 1. The van der Waals surface area contributed by atoms with E-state index in [0.29, 0.717) is 39.3 Å². The van der Waals surface area contributed by atoms with Gasteiger partial charge >= 0.3 is 12.6 Å². The highest BCUT2D eigenvalue weighted by Crippen LogP contribution is 2.38. The van der Waals surface area contributed by atoms with E-state index < -0.39 is 28.7 Å². The Balaban J connectivity index is 1.47. The number of anilines is 1. The van der Waals surface area contributed by atoms with E-state index in [2.05, 4.69) is 9.46 Å². The molecular weight excluding hydrogens is 643 g/mol. The SMILES string of the molecule is CS(=O)(=O)Nc1cn(CC(=O)O[C@@H](Cc2c(Cl)c[n+]([O-])cc2Cl)c2ccc(OC(F)F)c(OCC3CC3)c2)c2ccccc12. The van der Waals surface area contributed by atoms with E-state index in [-0.39, 0.29) is 40.2 Å². The fourth-order valence-electron chi connectivity index (χ4n) is 4.66. The Bertz CT molecular complexity index is 1780. The number of esters is 1. The zero-order chi connectivity index (χ0) is 31.6. The molecule has 2 aromatic heterocycles. The van der Waals surface area contributed by atoms with Crippen molar-refractivity contribution >= 4 is 55.8 Å². The number of rotatable bonds is 13. The number of hydrogen-bond acceptors (Lipinski definition) is 7. The summed E-state index contributed by atoms with van der Waals surface area (Å²) in [5.41, 5.74) is 1.55. The van der Waals surface area contributed by atoms with E-state index in [0.717, 1.165) is 31.5 Å². The lowest BCUT2D eigenvalue weighted by Gasteiger charge is -2.21. The van der Waals surface area contributed by atoms with Gasteiger partial charge in [-0.3, -0.25) is 9.52 Å². The molecule has 1 saturated carbocycles. The number of fused-ring (bicyclic) bond motifs is 1. The molecule has 1 atom stereocenters. The smallest absolute Gasteiger partial charge is 0.387 e. The summed E-state index contributed by atoms with van der Waals surface area (Å²) in [5.74, 6) is -0.531. The molecule has 44 heavy (non-hydrogen) atoms. The molecule has 5 rings (SSSR count). The molecule has 1 fully saturated rings. The van der Waals surface area contributed by atoms with Crippen LogP contribution in [0.1, 0.15) is 30.1 Å². The molecular formula is C29H27Cl2F2N3O7S. The molecule has 0 radical (unpaired) electrons. The van der Waals surface area contributed by atoms with Gasteiger partial charge < -0.3 is 24.0 Å². The molecule has 0 amide bonds. The zero-order valence-electron chi connectivity index (χ0n) is 23.2. The molecule has 234 valence electrons. The van der Waals surface area contributed by atoms with Gasteiger partial charge in [-0.15, -0.1) is 0 Å². The Morgan fingerprint density at radius 2 is 1.84 bits per heavy atom. The second-order valence-corrected chi connectivity index (χ2v) is 12.9. The zero-order valence-corrected chi connectivity index (χ0v) is 25.5. The third-order valence-corrected chi connectivity index (χ3v) is 8.07. The number of aromatic nitrogens is 2. The van der Waals surface area contributed by atoms with Crippen LogP contribution in [0, 0.1) is 11.1 Å². The van der Waals surface area contributed by atoms with Crippen LogP contribution in [0.5, 0.6) is 11.5 Å². The molecule has 4 aromatic rings. The first-order valence-corrected chi connectivity index (χ1v) is 16.0. The maximum Gasteiger partial charge on any atom is 0.387 e. The van der Waals surface area contributed by atoms with Crippen molar-refractivity contribution in [3.63, 3.8) is 0 Å². The van der Waals surface area contributed by atoms with Crippen LogP contribution in [0.15, 0.2) is 61.1 Å². The Hall–Kier alpha value is -3.81. The van der Waals surface area contributed by atoms with Crippen LogP contribution >= 0.6 is 23.2 Å². The monoisotopic (exact) mass is 669 g/mol. The summed E-state index contributed by atoms with van der Waals surface area (Å²) in [4.78, 5) is 13.4. The first-order chi connectivity index (χ1) is 20.9. The quantitative estimate of drug-likeness (QED) is 0.107. The van der Waals surface area contributed by atoms with Gasteiger partial charge in [0.15, 0.2) is 23.9 Å². The number of alkyl halides is 2. The number of ether oxygens (including phenoxy) is 3. The Kier molecular flexibility index (Phi) is 9.37. The molecule has 10 nitrogen and oxygen atoms in total. The van der Waals surface area contributed by atoms with Crippen molar-refractivity contribution in [3.05, 3.63) is 87.4 Å². The Morgan fingerprint density at radius 1 is 1.14 bits per heavy atom. The van der Waals surface area contributed by atoms with Gasteiger partial charge in [0, 0.05) is 23.6 Å². The molecule has 1 aliphatic rings. The summed E-state index contributed by atoms with van der Waals surface area (Å²) >= 11 is 12.6. The summed E-state index contributed by atoms with van der Waals surface area (Å²) in [6.45, 7) is -3.09. The van der Waals surface area contributed by atoms with Crippen molar-refractivity contribution < 1.29 is 40.9 Å². The van der Waals surface area contributed by atoms with Crippen molar-refractivity contribution in [2.24, 2.45) is 5.92 Å². The van der Waals surface area contributed by atoms with Gasteiger partial charge in [0.2, 0.25) is 10.0 Å². The summed E-state index contributed by atoms with van der Waals surface area (Å²) < 4.78 is 70.8. The summed E-state index contributed by atoms with van der Waals surface area (Å²) in [6.07, 6.45) is 5.51. The maximum absolute atomic E-state index is 13.4. The van der Waals surface area contributed by atoms with Crippen LogP contribution in [0.2, 0.25) is 10.0 Å². The minimum Gasteiger partial charge on any atom is -0.619 e. The largest absolute Gasteiger partial charge is 0.619 e. The lowest BCUT2D eigenvalue weighted by atomic mass is 10.0. The van der Waals surface area contributed by atoms with Crippen LogP contribution in [-0.2, 0) is 32.5 Å². The maximum atomic E-state index is 13.4. The second kappa shape index (κ2) is 13.0. The van der Waals surface area contributed by atoms with E-state index in [1.807, 2.05) is 0 Å². The Morgan fingerprint density at radius 3 is 2.50 bits per heavy atom. The van der Waals surface area contributed by atoms with E-state index >= 15 is 0 Å². The van der Waals surface area contributed by atoms with Crippen LogP contribution in [0.4, 0.5) is 14.5 Å². The van der Waals surface area contributed by atoms with Crippen LogP contribution in [0.25, 0.3) is 10.9 Å². The Labute approximate surface area is 261 Å². The van der Waals surface area contributed by atoms with Gasteiger partial charge in [-0.05, 0) is 42.5 Å². The highest BCUT2D eigenvalue weighted by Gasteiger charge is 2.27. The molecule has 15 heteroatoms. The van der Waals surface area contributed by atoms with Crippen molar-refractivity contribution in [1.82, 2.24) is 4.57 Å². The average Bonchev–Trinajstić information content (AvgIpc) is 3.71. The predicted molar refractivity (Wildman–Crippen MR) is 160 cm³/mol. The summed E-state index contributed by atoms with van der Waals surface area (Å²) in [6, 6.07) is 11.1. The van der Waals surface area contributed by atoms with Gasteiger partial charge in [0.25, 0.3) is 0 Å². The molecule has 0 unspecified atom stereocenters. The number of pyridine rings is 1. The highest BCUT2D eigenvalue weighted by molar-refractivity contribution is 7.92. The third kappa shape index (κ3) is 8.01. The minimum absolute atomic E-state index is 0.0318. The molecule has 1 aliphatic carbocycles. The lowest BCUT2D eigenvalue weighted by molar-refractivity contribution is -0.605. The van der Waals surface area contributed by atoms with Gasteiger partial charge in [0.05, 0.1) is 24.1 Å². The van der Waals surface area contributed by atoms with Crippen LogP contribution < -0.4 is 18.9 Å². The molecule has 2 aromatic carbocycles. The number of carbonyl (C=O) groups is 1. The third-order valence-electron chi connectivity index (χ3n) is 6.83. The molecule has 1 N–H and O–H groups in total. The van der Waals surface area contributed by atoms with Gasteiger partial charge in [-0.25, -0.2) is 8.42 Å². The number of nitrogens with one attached hydrogen (secondary N) is 1. The van der Waals surface area contributed by atoms with E-state index in [4.69, 9.17) is 32.7 Å². The standard InChI is InChI=1S/C29H27Cl2F2N3O7S/c1-44(39,40)34-23-14-35(24-5-3-2-4-19(23)24)15-28(37)42-26(11-20-21(30)12-36(38)13-22(20)31)18-8-9-25(43-29(32)33)27(10-18)41-16-17-6-7-17/h2-5,8-10,12-14,17,26,29,34H,6-7,11,15-16H2,1H3/t26-/m0/s1. The van der Waals surface area contributed by atoms with E-state index in [1.165, 1.54) is 29.0 Å². The van der Waals surface area contributed by atoms with Crippen molar-refractivity contribution in [2.75, 3.05) is 17.6 Å². The van der Waals surface area contributed by atoms with E-state index in [1.54, 1.807) is 24.3 Å². The van der Waals surface area contributed by atoms with E-state index in [9.17, 15) is 27.2 Å². The number of hydrogen-bond donors (Lipinski definition) is 1. The number of sulfonamides is 1. The summed E-state index contributed by atoms with van der Waals surface area (Å²) in [7, 11) is -3.60. The fourth-order valence-corrected chi connectivity index (χ4v) is 5.82. The number of nitrogens with zero attached hydrogens (tertiary/aromatic N) is 2. The van der Waals surface area contributed by atoms with Crippen LogP contribution in [-0.4, -0.2) is 38.4 Å². The minimum atomic E-state index is -3.60. The number of benzene rings is 2. The molecule has 0 aliphatic heterocycles. The van der Waals surface area contributed by atoms with Gasteiger partial charge in [-0.1, -0.05) is 47.5 Å². The predicted octanol–water partition coefficient (Wildman–Crippen LogP) is 5.87. The highest BCUT2D eigenvalue weighted by atomic mass is 35.5. The van der Waals surface area contributed by atoms with Gasteiger partial charge in [-0.2, -0.15) is 13.5 Å². The second-order valence-electron chi connectivity index (χ2n) is 10.4. The first-order valence-electron chi connectivity index (χ1n) is 13.4. The molecule has 2 heterocycles. The number of carbonyl (C=O) groups excluding carboxylic acids is 1. The molecule has 0 bridgehead atoms. The summed E-state index contributed by atoms with van der Waals surface area (Å²) in [5, 5.41) is 12.5. The van der Waals surface area contributed by atoms with Crippen molar-refractivity contribution in [1.29, 1.82) is 0 Å². The lowest BCUT2D eigenvalue weighted by Crippen LogP contribution is -2.26. The van der Waals surface area contributed by atoms with Crippen molar-refractivity contribution in [2.45, 2.75) is 38.5 Å². The molecule has 0 saturated heterocycles. The number of halogens is 4. The fraction of sp³-hybridized carbons (Fsp3) is 0.310. The average molecular weight is 671 g/mol. The molecule has 0 spiro atoms. The van der Waals surface area contributed by atoms with Crippen LogP contribution in [0.3, 0.4) is 0 Å². The van der Waals surface area contributed by atoms with Gasteiger partial charge in [0.1, 0.15) is 22.7 Å². The first kappa shape index (κ1) is 31.6. The topological polar surface area (TPSA) is 123 Å². The van der Waals surface area contributed by atoms with Crippen molar-refractivity contribution in [3.8, 4) is 11.5 Å². The normalized spacial score (nSPS) is 14.0.